The summed E-state index contributed by atoms with van der Waals surface area (Å²) in [5.74, 6) is -1.34. The van der Waals surface area contributed by atoms with E-state index in [-0.39, 0.29) is 30.2 Å². The Bertz CT molecular complexity index is 751. The number of rotatable bonds is 5. The van der Waals surface area contributed by atoms with Gasteiger partial charge in [0, 0.05) is 12.8 Å². The summed E-state index contributed by atoms with van der Waals surface area (Å²) in [5, 5.41) is 0. The predicted octanol–water partition coefficient (Wildman–Crippen LogP) is 3.24. The minimum Gasteiger partial charge on any atom is -0.435 e. The number of halogens is 1. The summed E-state index contributed by atoms with van der Waals surface area (Å²) in [5.41, 5.74) is -0.376. The van der Waals surface area contributed by atoms with Gasteiger partial charge in [-0.05, 0) is 25.3 Å². The van der Waals surface area contributed by atoms with Crippen LogP contribution in [0.4, 0.5) is 0 Å². The molecule has 1 aromatic carbocycles. The molecule has 2 heterocycles. The summed E-state index contributed by atoms with van der Waals surface area (Å²) >= 11 is 1.90. The zero-order chi connectivity index (χ0) is 20.5. The van der Waals surface area contributed by atoms with E-state index in [1.807, 2.05) is 59.8 Å². The Kier molecular flexibility index (Phi) is 6.56. The zero-order valence-electron chi connectivity index (χ0n) is 16.2. The first-order chi connectivity index (χ1) is 13.2. The molecule has 2 saturated heterocycles. The number of ether oxygens (including phenoxy) is 3. The van der Waals surface area contributed by atoms with Crippen LogP contribution in [-0.4, -0.2) is 40.0 Å². The smallest absolute Gasteiger partial charge is 0.304 e. The number of benzene rings is 1. The molecule has 6 nitrogen and oxygen atoms in total. The van der Waals surface area contributed by atoms with Gasteiger partial charge in [0.05, 0.1) is 18.8 Å². The SMILES string of the molecule is CC(=O)O[C@H](OCc1ccccc1)[C@]1(C)C(=O)[C@@H](I)C(=O)[C@@H](C)[C@@H]2CC[C@H]1O2. The molecule has 0 spiro atoms. The first-order valence-corrected chi connectivity index (χ1v) is 10.7. The van der Waals surface area contributed by atoms with Crippen molar-refractivity contribution in [2.24, 2.45) is 11.3 Å². The molecule has 3 rings (SSSR count). The molecule has 7 heteroatoms. The Hall–Kier alpha value is -1.32. The topological polar surface area (TPSA) is 78.9 Å². The maximum absolute atomic E-state index is 13.4. The van der Waals surface area contributed by atoms with Crippen molar-refractivity contribution in [2.75, 3.05) is 0 Å². The van der Waals surface area contributed by atoms with Gasteiger partial charge in [0.25, 0.3) is 0 Å². The number of esters is 1. The summed E-state index contributed by atoms with van der Waals surface area (Å²) in [6.45, 7) is 4.96. The van der Waals surface area contributed by atoms with E-state index in [9.17, 15) is 14.4 Å². The fourth-order valence-corrected chi connectivity index (χ4v) is 5.18. The van der Waals surface area contributed by atoms with Crippen LogP contribution in [0.1, 0.15) is 39.2 Å². The quantitative estimate of drug-likeness (QED) is 0.203. The predicted molar refractivity (Wildman–Crippen MR) is 110 cm³/mol. The lowest BCUT2D eigenvalue weighted by atomic mass is 9.75. The van der Waals surface area contributed by atoms with Crippen molar-refractivity contribution in [1.82, 2.24) is 0 Å². The second kappa shape index (κ2) is 8.59. The Morgan fingerprint density at radius 2 is 1.96 bits per heavy atom. The van der Waals surface area contributed by atoms with Gasteiger partial charge in [-0.25, -0.2) is 0 Å². The lowest BCUT2D eigenvalue weighted by molar-refractivity contribution is -0.230. The minimum atomic E-state index is -1.27. The van der Waals surface area contributed by atoms with Crippen LogP contribution in [-0.2, 0) is 35.2 Å². The van der Waals surface area contributed by atoms with E-state index >= 15 is 0 Å². The van der Waals surface area contributed by atoms with Crippen LogP contribution >= 0.6 is 22.6 Å². The third-order valence-electron chi connectivity index (χ3n) is 5.75. The van der Waals surface area contributed by atoms with E-state index < -0.39 is 27.7 Å². The molecule has 152 valence electrons. The monoisotopic (exact) mass is 500 g/mol. The first kappa shape index (κ1) is 21.4. The van der Waals surface area contributed by atoms with Crippen molar-refractivity contribution >= 4 is 40.1 Å². The summed E-state index contributed by atoms with van der Waals surface area (Å²) in [7, 11) is 0. The van der Waals surface area contributed by atoms with Crippen molar-refractivity contribution < 1.29 is 28.6 Å². The lowest BCUT2D eigenvalue weighted by Gasteiger charge is -2.42. The first-order valence-electron chi connectivity index (χ1n) is 9.45. The van der Waals surface area contributed by atoms with Crippen molar-refractivity contribution in [3.8, 4) is 0 Å². The highest BCUT2D eigenvalue weighted by Crippen LogP contribution is 2.45. The number of hydrogen-bond acceptors (Lipinski definition) is 6. The van der Waals surface area contributed by atoms with Gasteiger partial charge in [0.1, 0.15) is 9.34 Å². The van der Waals surface area contributed by atoms with E-state index in [0.717, 1.165) is 5.56 Å². The summed E-state index contributed by atoms with van der Waals surface area (Å²) in [6.07, 6.45) is -0.539. The molecular weight excluding hydrogens is 475 g/mol. The van der Waals surface area contributed by atoms with Gasteiger partial charge < -0.3 is 14.2 Å². The zero-order valence-corrected chi connectivity index (χ0v) is 18.4. The highest BCUT2D eigenvalue weighted by Gasteiger charge is 2.58. The van der Waals surface area contributed by atoms with Crippen LogP contribution in [0.25, 0.3) is 0 Å². The van der Waals surface area contributed by atoms with E-state index in [2.05, 4.69) is 0 Å². The molecule has 28 heavy (non-hydrogen) atoms. The molecule has 2 aliphatic rings. The molecule has 1 aromatic rings. The van der Waals surface area contributed by atoms with Crippen LogP contribution in [0, 0.1) is 11.3 Å². The second-order valence-corrected chi connectivity index (χ2v) is 8.92. The van der Waals surface area contributed by atoms with E-state index in [1.54, 1.807) is 6.92 Å². The number of ketones is 2. The molecule has 0 radical (unpaired) electrons. The maximum Gasteiger partial charge on any atom is 0.304 e. The number of carbonyl (C=O) groups is 3. The summed E-state index contributed by atoms with van der Waals surface area (Å²) < 4.78 is 16.7. The van der Waals surface area contributed by atoms with E-state index in [1.165, 1.54) is 6.92 Å². The maximum atomic E-state index is 13.4. The van der Waals surface area contributed by atoms with Crippen molar-refractivity contribution in [1.29, 1.82) is 0 Å². The number of fused-ring (bicyclic) bond motifs is 2. The highest BCUT2D eigenvalue weighted by molar-refractivity contribution is 14.1. The van der Waals surface area contributed by atoms with Crippen LogP contribution in [0.3, 0.4) is 0 Å². The molecule has 0 aromatic heterocycles. The summed E-state index contributed by atoms with van der Waals surface area (Å²) in [6, 6.07) is 9.44. The summed E-state index contributed by atoms with van der Waals surface area (Å²) in [4.78, 5) is 38.0. The average Bonchev–Trinajstić information content (AvgIpc) is 3.19. The molecule has 2 fully saturated rings. The van der Waals surface area contributed by atoms with Crippen LogP contribution in [0.5, 0.6) is 0 Å². The Labute approximate surface area is 178 Å². The molecule has 6 atom stereocenters. The van der Waals surface area contributed by atoms with Gasteiger partial charge in [0.15, 0.2) is 11.6 Å². The third-order valence-corrected chi connectivity index (χ3v) is 6.93. The van der Waals surface area contributed by atoms with Gasteiger partial charge in [-0.3, -0.25) is 14.4 Å². The Morgan fingerprint density at radius 1 is 1.29 bits per heavy atom. The molecule has 2 aliphatic heterocycles. The van der Waals surface area contributed by atoms with Crippen molar-refractivity contribution in [3.05, 3.63) is 35.9 Å². The van der Waals surface area contributed by atoms with Crippen LogP contribution in [0.15, 0.2) is 30.3 Å². The minimum absolute atomic E-state index is 0.146. The molecule has 0 unspecified atom stereocenters. The van der Waals surface area contributed by atoms with Gasteiger partial charge in [-0.15, -0.1) is 0 Å². The number of carbonyl (C=O) groups excluding carboxylic acids is 3. The number of alkyl halides is 1. The van der Waals surface area contributed by atoms with E-state index in [0.29, 0.717) is 12.8 Å². The van der Waals surface area contributed by atoms with Gasteiger partial charge >= 0.3 is 5.97 Å². The molecule has 0 saturated carbocycles. The molecule has 0 N–H and O–H groups in total. The second-order valence-electron chi connectivity index (χ2n) is 7.68. The fourth-order valence-electron chi connectivity index (χ4n) is 3.94. The van der Waals surface area contributed by atoms with Crippen LogP contribution < -0.4 is 0 Å². The highest BCUT2D eigenvalue weighted by atomic mass is 127. The third kappa shape index (κ3) is 4.02. The Balaban J connectivity index is 1.93. The number of hydrogen-bond donors (Lipinski definition) is 0. The van der Waals surface area contributed by atoms with Crippen molar-refractivity contribution in [2.45, 2.75) is 62.6 Å². The fraction of sp³-hybridized carbons (Fsp3) is 0.571. The number of Topliss-reactive ketones (excluding diaryl/α,β-unsaturated/α-hetero) is 2. The van der Waals surface area contributed by atoms with Gasteiger partial charge in [-0.1, -0.05) is 59.8 Å². The normalized spacial score (nSPS) is 33.9. The van der Waals surface area contributed by atoms with Gasteiger partial charge in [-0.2, -0.15) is 0 Å². The van der Waals surface area contributed by atoms with E-state index in [4.69, 9.17) is 14.2 Å². The van der Waals surface area contributed by atoms with Gasteiger partial charge in [0.2, 0.25) is 6.29 Å². The Morgan fingerprint density at radius 3 is 2.61 bits per heavy atom. The standard InChI is InChI=1S/C21H25IO6/c1-12-15-9-10-16(28-15)21(3,19(25)17(22)18(12)24)20(27-13(2)23)26-11-14-7-5-4-6-8-14/h4-8,12,15-17,20H,9-11H2,1-3H3/t12-,15-,16+,17-,20-,21-/m0/s1. The average molecular weight is 500 g/mol. The lowest BCUT2D eigenvalue weighted by Crippen LogP contribution is -2.57. The molecule has 0 amide bonds. The molecule has 0 aliphatic carbocycles. The molecular formula is C21H25IO6. The largest absolute Gasteiger partial charge is 0.435 e. The molecule has 2 bridgehead atoms. The van der Waals surface area contributed by atoms with Crippen molar-refractivity contribution in [3.63, 3.8) is 0 Å². The van der Waals surface area contributed by atoms with Crippen LogP contribution in [0.2, 0.25) is 0 Å².